The molecule has 4 rings (SSSR count). The molecule has 0 amide bonds. The van der Waals surface area contributed by atoms with Crippen LogP contribution in [0.3, 0.4) is 0 Å². The zero-order valence-electron chi connectivity index (χ0n) is 19.2. The molecule has 4 aliphatic carbocycles. The molecule has 31 heavy (non-hydrogen) atoms. The van der Waals surface area contributed by atoms with Crippen LogP contribution in [0.25, 0.3) is 0 Å². The Bertz CT molecular complexity index is 586. The molecule has 0 N–H and O–H groups in total. The summed E-state index contributed by atoms with van der Waals surface area (Å²) < 4.78 is 58.5. The summed E-state index contributed by atoms with van der Waals surface area (Å²) in [5, 5.41) is 0. The third-order valence-corrected chi connectivity index (χ3v) is 9.46. The van der Waals surface area contributed by atoms with Crippen molar-refractivity contribution in [3.63, 3.8) is 0 Å². The lowest BCUT2D eigenvalue weighted by atomic mass is 9.67. The van der Waals surface area contributed by atoms with Gasteiger partial charge >= 0.3 is 0 Å². The molecule has 8 unspecified atom stereocenters. The van der Waals surface area contributed by atoms with Gasteiger partial charge in [0.25, 0.3) is 0 Å². The minimum atomic E-state index is -1.34. The minimum Gasteiger partial charge on any atom is -0.244 e. The predicted molar refractivity (Wildman–Crippen MR) is 119 cm³/mol. The van der Waals surface area contributed by atoms with Crippen LogP contribution in [-0.2, 0) is 0 Å². The molecule has 0 aromatic rings. The highest BCUT2D eigenvalue weighted by Gasteiger charge is 2.44. The van der Waals surface area contributed by atoms with Gasteiger partial charge in [0, 0.05) is 0 Å². The lowest BCUT2D eigenvalue weighted by molar-refractivity contribution is -0.0124. The van der Waals surface area contributed by atoms with Crippen LogP contribution in [0.5, 0.6) is 0 Å². The first-order valence-electron chi connectivity index (χ1n) is 13.2. The average Bonchev–Trinajstić information content (AvgIpc) is 2.80. The van der Waals surface area contributed by atoms with Crippen molar-refractivity contribution in [2.45, 2.75) is 115 Å². The predicted octanol–water partition coefficient (Wildman–Crippen LogP) is 8.35. The van der Waals surface area contributed by atoms with E-state index in [1.807, 2.05) is 6.92 Å². The minimum absolute atomic E-state index is 0.0620. The summed E-state index contributed by atoms with van der Waals surface area (Å²) in [6.45, 7) is 1.81. The third-order valence-electron chi connectivity index (χ3n) is 9.46. The van der Waals surface area contributed by atoms with Gasteiger partial charge in [0.1, 0.15) is 24.7 Å². The Balaban J connectivity index is 1.23. The van der Waals surface area contributed by atoms with Crippen molar-refractivity contribution < 1.29 is 17.6 Å². The van der Waals surface area contributed by atoms with E-state index in [1.54, 1.807) is 0 Å². The highest BCUT2D eigenvalue weighted by molar-refractivity contribution is 5.04. The van der Waals surface area contributed by atoms with Crippen molar-refractivity contribution in [2.75, 3.05) is 0 Å². The first-order valence-corrected chi connectivity index (χ1v) is 13.2. The SMILES string of the molecule is CC1CCC(C2C=CC(CCC3CCC(C4CCCCC4)C(F)[C@H]3F)CC2)C(F)[C@H]1F. The molecule has 3 fully saturated rings. The van der Waals surface area contributed by atoms with E-state index in [0.717, 1.165) is 64.2 Å². The van der Waals surface area contributed by atoms with Gasteiger partial charge in [0.05, 0.1) is 0 Å². The fourth-order valence-electron chi connectivity index (χ4n) is 7.28. The molecule has 3 saturated carbocycles. The van der Waals surface area contributed by atoms with E-state index in [0.29, 0.717) is 11.8 Å². The highest BCUT2D eigenvalue weighted by Crippen LogP contribution is 2.45. The van der Waals surface area contributed by atoms with Crippen LogP contribution in [0.15, 0.2) is 12.2 Å². The summed E-state index contributed by atoms with van der Waals surface area (Å²) in [5.41, 5.74) is 0. The van der Waals surface area contributed by atoms with Crippen molar-refractivity contribution in [2.24, 2.45) is 41.4 Å². The molecule has 0 aliphatic heterocycles. The second-order valence-electron chi connectivity index (χ2n) is 11.4. The molecule has 0 spiro atoms. The summed E-state index contributed by atoms with van der Waals surface area (Å²) in [6.07, 6.45) is 11.5. The molecule has 0 aromatic carbocycles. The van der Waals surface area contributed by atoms with E-state index in [9.17, 15) is 17.6 Å². The zero-order valence-corrected chi connectivity index (χ0v) is 19.2. The van der Waals surface area contributed by atoms with Gasteiger partial charge in [-0.25, -0.2) is 17.6 Å². The van der Waals surface area contributed by atoms with Crippen molar-refractivity contribution in [1.82, 2.24) is 0 Å². The maximum atomic E-state index is 14.9. The van der Waals surface area contributed by atoms with Crippen LogP contribution in [0.1, 0.15) is 90.4 Å². The lowest BCUT2D eigenvalue weighted by Crippen LogP contribution is -2.42. The van der Waals surface area contributed by atoms with Crippen LogP contribution in [0, 0.1) is 41.4 Å². The van der Waals surface area contributed by atoms with Crippen LogP contribution >= 0.6 is 0 Å². The Labute approximate surface area is 186 Å². The van der Waals surface area contributed by atoms with Gasteiger partial charge in [-0.15, -0.1) is 0 Å². The fourth-order valence-corrected chi connectivity index (χ4v) is 7.28. The Morgan fingerprint density at radius 2 is 1.32 bits per heavy atom. The van der Waals surface area contributed by atoms with Crippen molar-refractivity contribution >= 4 is 0 Å². The maximum Gasteiger partial charge on any atom is 0.135 e. The Morgan fingerprint density at radius 3 is 2.03 bits per heavy atom. The van der Waals surface area contributed by atoms with Gasteiger partial charge in [-0.3, -0.25) is 0 Å². The monoisotopic (exact) mass is 442 g/mol. The third kappa shape index (κ3) is 5.35. The second-order valence-corrected chi connectivity index (χ2v) is 11.4. The molecule has 4 heteroatoms. The molecule has 0 bridgehead atoms. The fraction of sp³-hybridized carbons (Fsp3) is 0.926. The van der Waals surface area contributed by atoms with Gasteiger partial charge in [0.2, 0.25) is 0 Å². The lowest BCUT2D eigenvalue weighted by Gasteiger charge is -2.41. The number of alkyl halides is 4. The van der Waals surface area contributed by atoms with Crippen LogP contribution in [0.2, 0.25) is 0 Å². The standard InChI is InChI=1S/C27H42F4/c1-17-7-15-22(26(30)24(17)28)20-11-8-18(9-12-20)10-13-21-14-16-23(27(31)25(21)29)19-5-3-2-4-6-19/h8,11,17-27H,2-7,9-10,12-16H2,1H3/t17?,18?,20?,21?,22?,23?,24-,25-,26?,27?/m0/s1. The number of hydrogen-bond acceptors (Lipinski definition) is 0. The van der Waals surface area contributed by atoms with E-state index < -0.39 is 24.7 Å². The molecule has 0 nitrogen and oxygen atoms in total. The Morgan fingerprint density at radius 1 is 0.613 bits per heavy atom. The molecule has 4 aliphatic rings. The first-order chi connectivity index (χ1) is 15.0. The number of allylic oxidation sites excluding steroid dienone is 2. The van der Waals surface area contributed by atoms with Crippen LogP contribution in [-0.4, -0.2) is 24.7 Å². The van der Waals surface area contributed by atoms with Crippen molar-refractivity contribution in [3.05, 3.63) is 12.2 Å². The molecule has 0 aromatic heterocycles. The van der Waals surface area contributed by atoms with Gasteiger partial charge in [-0.2, -0.15) is 0 Å². The number of hydrogen-bond donors (Lipinski definition) is 0. The molecule has 178 valence electrons. The quantitative estimate of drug-likeness (QED) is 0.296. The summed E-state index contributed by atoms with van der Waals surface area (Å²) in [6, 6.07) is 0. The zero-order chi connectivity index (χ0) is 22.0. The summed E-state index contributed by atoms with van der Waals surface area (Å²) in [7, 11) is 0. The van der Waals surface area contributed by atoms with E-state index in [4.69, 9.17) is 0 Å². The molecule has 0 saturated heterocycles. The first kappa shape index (κ1) is 23.6. The molecule has 10 atom stereocenters. The number of halogens is 4. The van der Waals surface area contributed by atoms with Crippen molar-refractivity contribution in [1.29, 1.82) is 0 Å². The topological polar surface area (TPSA) is 0 Å². The normalized spacial score (nSPS) is 47.4. The smallest absolute Gasteiger partial charge is 0.135 e. The average molecular weight is 443 g/mol. The molecular weight excluding hydrogens is 400 g/mol. The molecule has 0 radical (unpaired) electrons. The van der Waals surface area contributed by atoms with Gasteiger partial charge in [-0.1, -0.05) is 51.2 Å². The Kier molecular flexibility index (Phi) is 8.07. The van der Waals surface area contributed by atoms with E-state index in [1.165, 1.54) is 19.3 Å². The highest BCUT2D eigenvalue weighted by atomic mass is 19.2. The van der Waals surface area contributed by atoms with Crippen molar-refractivity contribution in [3.8, 4) is 0 Å². The van der Waals surface area contributed by atoms with E-state index >= 15 is 0 Å². The maximum absolute atomic E-state index is 14.9. The van der Waals surface area contributed by atoms with E-state index in [-0.39, 0.29) is 29.6 Å². The number of rotatable bonds is 5. The Hall–Kier alpha value is -0.540. The van der Waals surface area contributed by atoms with Gasteiger partial charge in [-0.05, 0) is 92.8 Å². The largest absolute Gasteiger partial charge is 0.244 e. The van der Waals surface area contributed by atoms with Crippen LogP contribution < -0.4 is 0 Å². The summed E-state index contributed by atoms with van der Waals surface area (Å²) in [4.78, 5) is 0. The molecule has 0 heterocycles. The second kappa shape index (κ2) is 10.6. The van der Waals surface area contributed by atoms with Gasteiger partial charge < -0.3 is 0 Å². The molecular formula is C27H42F4. The van der Waals surface area contributed by atoms with E-state index in [2.05, 4.69) is 12.2 Å². The van der Waals surface area contributed by atoms with Gasteiger partial charge in [0.15, 0.2) is 0 Å². The van der Waals surface area contributed by atoms with Crippen LogP contribution in [0.4, 0.5) is 17.6 Å². The summed E-state index contributed by atoms with van der Waals surface area (Å²) in [5.74, 6) is 0.323. The summed E-state index contributed by atoms with van der Waals surface area (Å²) >= 11 is 0.